The van der Waals surface area contributed by atoms with Crippen molar-refractivity contribution >= 4 is 29.1 Å². The molecule has 4 heterocycles. The third-order valence-corrected chi connectivity index (χ3v) is 7.27. The fourth-order valence-corrected chi connectivity index (χ4v) is 4.95. The van der Waals surface area contributed by atoms with Crippen LogP contribution in [-0.4, -0.2) is 71.4 Å². The van der Waals surface area contributed by atoms with Gasteiger partial charge in [-0.3, -0.25) is 9.59 Å². The molecule has 2 saturated heterocycles. The molecule has 9 nitrogen and oxygen atoms in total. The minimum Gasteiger partial charge on any atom is -0.336 e. The number of aromatic nitrogens is 2. The van der Waals surface area contributed by atoms with Gasteiger partial charge in [0.1, 0.15) is 17.1 Å². The van der Waals surface area contributed by atoms with Gasteiger partial charge in [-0.15, -0.1) is 0 Å². The summed E-state index contributed by atoms with van der Waals surface area (Å²) in [5.41, 5.74) is 1.29. The molecule has 2 amide bonds. The average Bonchev–Trinajstić information content (AvgIpc) is 3.63. The summed E-state index contributed by atoms with van der Waals surface area (Å²) in [6.45, 7) is 5.61. The maximum atomic E-state index is 13.1. The minimum absolute atomic E-state index is 0.00829. The maximum absolute atomic E-state index is 13.1. The summed E-state index contributed by atoms with van der Waals surface area (Å²) in [6, 6.07) is 7.76. The van der Waals surface area contributed by atoms with Crippen molar-refractivity contribution in [1.82, 2.24) is 19.8 Å². The summed E-state index contributed by atoms with van der Waals surface area (Å²) >= 11 is 0. The van der Waals surface area contributed by atoms with Crippen LogP contribution in [0.5, 0.6) is 0 Å². The van der Waals surface area contributed by atoms with Crippen LogP contribution in [0, 0.1) is 29.6 Å². The van der Waals surface area contributed by atoms with E-state index in [0.29, 0.717) is 43.3 Å². The van der Waals surface area contributed by atoms with E-state index in [1.807, 2.05) is 17.9 Å². The van der Waals surface area contributed by atoms with Crippen molar-refractivity contribution in [2.75, 3.05) is 50.0 Å². The zero-order valence-corrected chi connectivity index (χ0v) is 19.6. The summed E-state index contributed by atoms with van der Waals surface area (Å²) in [4.78, 5) is 40.6. The largest absolute Gasteiger partial charge is 0.336 e. The van der Waals surface area contributed by atoms with Crippen molar-refractivity contribution in [3.05, 3.63) is 41.7 Å². The van der Waals surface area contributed by atoms with Gasteiger partial charge in [-0.2, -0.15) is 5.26 Å². The number of nitrogens with one attached hydrogen (secondary N) is 1. The topological polar surface area (TPSA) is 105 Å². The first-order chi connectivity index (χ1) is 16.4. The van der Waals surface area contributed by atoms with Crippen molar-refractivity contribution in [3.8, 4) is 6.07 Å². The number of anilines is 3. The third-order valence-electron chi connectivity index (χ3n) is 7.27. The first-order valence-corrected chi connectivity index (χ1v) is 11.8. The smallest absolute Gasteiger partial charge is 0.255 e. The van der Waals surface area contributed by atoms with Crippen molar-refractivity contribution < 1.29 is 9.59 Å². The van der Waals surface area contributed by atoms with E-state index >= 15 is 0 Å². The molecule has 2 aromatic rings. The molecule has 0 spiro atoms. The Hall–Kier alpha value is -3.51. The molecule has 0 radical (unpaired) electrons. The Morgan fingerprint density at radius 2 is 1.88 bits per heavy atom. The van der Waals surface area contributed by atoms with E-state index in [0.717, 1.165) is 37.2 Å². The molecular weight excluding hydrogens is 430 g/mol. The van der Waals surface area contributed by atoms with Crippen LogP contribution in [0.25, 0.3) is 0 Å². The van der Waals surface area contributed by atoms with Gasteiger partial charge in [0, 0.05) is 56.9 Å². The van der Waals surface area contributed by atoms with Gasteiger partial charge in [0.05, 0.1) is 11.6 Å². The third kappa shape index (κ3) is 3.99. The highest BCUT2D eigenvalue weighted by molar-refractivity contribution is 6.02. The number of rotatable bonds is 5. The Morgan fingerprint density at radius 1 is 1.15 bits per heavy atom. The van der Waals surface area contributed by atoms with Gasteiger partial charge in [0.2, 0.25) is 5.91 Å². The van der Waals surface area contributed by atoms with Crippen LogP contribution in [0.4, 0.5) is 17.3 Å². The molecule has 1 saturated carbocycles. The lowest BCUT2D eigenvalue weighted by molar-refractivity contribution is -0.123. The number of carbonyl (C=O) groups is 2. The fraction of sp³-hybridized carbons (Fsp3) is 0.480. The number of pyridine rings is 2. The van der Waals surface area contributed by atoms with Crippen LogP contribution in [0.3, 0.4) is 0 Å². The quantitative estimate of drug-likeness (QED) is 0.733. The zero-order chi connectivity index (χ0) is 23.9. The van der Waals surface area contributed by atoms with Crippen LogP contribution >= 0.6 is 0 Å². The number of likely N-dealkylation sites (N-methyl/N-ethyl adjacent to an activating group) is 1. The number of nitrogens with zero attached hydrogens (tertiary/aromatic N) is 6. The van der Waals surface area contributed by atoms with E-state index in [1.165, 1.54) is 0 Å². The molecule has 0 bridgehead atoms. The van der Waals surface area contributed by atoms with Crippen molar-refractivity contribution in [2.45, 2.75) is 26.2 Å². The monoisotopic (exact) mass is 459 g/mol. The van der Waals surface area contributed by atoms with Gasteiger partial charge < -0.3 is 20.0 Å². The van der Waals surface area contributed by atoms with Gasteiger partial charge in [-0.05, 0) is 56.8 Å². The van der Waals surface area contributed by atoms with E-state index in [-0.39, 0.29) is 17.7 Å². The van der Waals surface area contributed by atoms with Crippen molar-refractivity contribution in [3.63, 3.8) is 0 Å². The highest BCUT2D eigenvalue weighted by atomic mass is 16.2. The summed E-state index contributed by atoms with van der Waals surface area (Å²) in [5, 5.41) is 12.9. The molecule has 176 valence electrons. The lowest BCUT2D eigenvalue weighted by atomic mass is 9.83. The molecule has 0 unspecified atom stereocenters. The fourth-order valence-electron chi connectivity index (χ4n) is 4.95. The Bertz CT molecular complexity index is 1160. The lowest BCUT2D eigenvalue weighted by Crippen LogP contribution is -2.47. The molecule has 2 aliphatic heterocycles. The van der Waals surface area contributed by atoms with Crippen LogP contribution in [0.1, 0.15) is 35.2 Å². The highest BCUT2D eigenvalue weighted by Gasteiger charge is 2.56. The van der Waals surface area contributed by atoms with Crippen LogP contribution < -0.4 is 10.2 Å². The van der Waals surface area contributed by atoms with Crippen molar-refractivity contribution in [1.29, 1.82) is 5.26 Å². The van der Waals surface area contributed by atoms with E-state index < -0.39 is 5.41 Å². The summed E-state index contributed by atoms with van der Waals surface area (Å²) in [7, 11) is 2.06. The standard InChI is InChI=1S/C25H29N7O2/c1-17-13-21(28-15-20(17)23(33)31-11-9-30(2)10-12-31)29-22-14-19(5-7-27-22)32-8-6-25(16-26,24(32)34)18-3-4-18/h5,7,13-15,18H,3-4,6,8-12H2,1-2H3,(H,27,28,29)/t25-/m1/s1. The predicted octanol–water partition coefficient (Wildman–Crippen LogP) is 2.57. The summed E-state index contributed by atoms with van der Waals surface area (Å²) < 4.78 is 0. The molecule has 34 heavy (non-hydrogen) atoms. The minimum atomic E-state index is -0.873. The average molecular weight is 460 g/mol. The normalized spacial score (nSPS) is 23.1. The number of amides is 2. The molecule has 3 fully saturated rings. The van der Waals surface area contributed by atoms with E-state index in [4.69, 9.17) is 0 Å². The van der Waals surface area contributed by atoms with Gasteiger partial charge in [-0.25, -0.2) is 9.97 Å². The summed E-state index contributed by atoms with van der Waals surface area (Å²) in [5.74, 6) is 1.23. The molecule has 1 aliphatic carbocycles. The second-order valence-electron chi connectivity index (χ2n) is 9.57. The molecule has 3 aliphatic rings. The number of hydrogen-bond donors (Lipinski definition) is 1. The molecule has 0 aromatic carbocycles. The number of piperazine rings is 1. The Balaban J connectivity index is 1.30. The van der Waals surface area contributed by atoms with E-state index in [1.54, 1.807) is 29.4 Å². The molecule has 1 atom stereocenters. The molecule has 1 N–H and O–H groups in total. The lowest BCUT2D eigenvalue weighted by Gasteiger charge is -2.32. The molecule has 9 heteroatoms. The molecule has 5 rings (SSSR count). The maximum Gasteiger partial charge on any atom is 0.255 e. The second kappa shape index (κ2) is 8.69. The van der Waals surface area contributed by atoms with E-state index in [9.17, 15) is 14.9 Å². The van der Waals surface area contributed by atoms with Gasteiger partial charge >= 0.3 is 0 Å². The SMILES string of the molecule is Cc1cc(Nc2cc(N3CC[C@@](C#N)(C4CC4)C3=O)ccn2)ncc1C(=O)N1CCN(C)CC1. The predicted molar refractivity (Wildman–Crippen MR) is 128 cm³/mol. The highest BCUT2D eigenvalue weighted by Crippen LogP contribution is 2.51. The molecular formula is C25H29N7O2. The number of carbonyl (C=O) groups excluding carboxylic acids is 2. The van der Waals surface area contributed by atoms with Crippen molar-refractivity contribution in [2.24, 2.45) is 11.3 Å². The number of aryl methyl sites for hydroxylation is 1. The van der Waals surface area contributed by atoms with Crippen LogP contribution in [-0.2, 0) is 4.79 Å². The van der Waals surface area contributed by atoms with E-state index in [2.05, 4.69) is 33.3 Å². The van der Waals surface area contributed by atoms with Crippen LogP contribution in [0.15, 0.2) is 30.6 Å². The Kier molecular flexibility index (Phi) is 5.70. The second-order valence-corrected chi connectivity index (χ2v) is 9.57. The Labute approximate surface area is 199 Å². The Morgan fingerprint density at radius 3 is 2.56 bits per heavy atom. The first kappa shape index (κ1) is 22.3. The first-order valence-electron chi connectivity index (χ1n) is 11.8. The number of hydrogen-bond acceptors (Lipinski definition) is 7. The summed E-state index contributed by atoms with van der Waals surface area (Å²) in [6.07, 6.45) is 5.74. The van der Waals surface area contributed by atoms with Gasteiger partial charge in [-0.1, -0.05) is 0 Å². The van der Waals surface area contributed by atoms with Gasteiger partial charge in [0.25, 0.3) is 5.91 Å². The molecule has 2 aromatic heterocycles. The number of nitriles is 1. The van der Waals surface area contributed by atoms with Gasteiger partial charge in [0.15, 0.2) is 0 Å². The zero-order valence-electron chi connectivity index (χ0n) is 19.6. The van der Waals surface area contributed by atoms with Crippen LogP contribution in [0.2, 0.25) is 0 Å².